The molecule has 2 atom stereocenters. The highest BCUT2D eigenvalue weighted by molar-refractivity contribution is 7.18. The van der Waals surface area contributed by atoms with Crippen molar-refractivity contribution >= 4 is 33.8 Å². The molecule has 2 aliphatic heterocycles. The molecule has 0 N–H and O–H groups in total. The zero-order chi connectivity index (χ0) is 17.7. The molecule has 0 bridgehead atoms. The van der Waals surface area contributed by atoms with Gasteiger partial charge in [-0.25, -0.2) is 4.98 Å². The molecule has 0 radical (unpaired) electrons. The maximum absolute atomic E-state index is 6.37. The third kappa shape index (κ3) is 2.73. The maximum Gasteiger partial charge on any atom is 0.216 e. The number of tetrazole rings is 1. The fraction of sp³-hybridized carbons (Fsp3) is 0.412. The summed E-state index contributed by atoms with van der Waals surface area (Å²) >= 11 is 8.01. The number of rotatable bonds is 3. The van der Waals surface area contributed by atoms with Crippen molar-refractivity contribution in [2.75, 3.05) is 36.0 Å². The Morgan fingerprint density at radius 1 is 1.08 bits per heavy atom. The van der Waals surface area contributed by atoms with E-state index in [2.05, 4.69) is 42.3 Å². The minimum atomic E-state index is 0.639. The first-order valence-electron chi connectivity index (χ1n) is 8.62. The molecule has 26 heavy (non-hydrogen) atoms. The highest BCUT2D eigenvalue weighted by Gasteiger charge is 2.41. The van der Waals surface area contributed by atoms with Crippen molar-refractivity contribution in [2.45, 2.75) is 0 Å². The molecule has 3 aromatic rings. The van der Waals surface area contributed by atoms with E-state index in [0.29, 0.717) is 17.7 Å². The molecule has 0 aliphatic carbocycles. The van der Waals surface area contributed by atoms with E-state index in [1.54, 1.807) is 18.4 Å². The summed E-state index contributed by atoms with van der Waals surface area (Å²) in [6, 6.07) is 8.12. The van der Waals surface area contributed by atoms with Gasteiger partial charge in [-0.05, 0) is 17.3 Å². The third-order valence-corrected chi connectivity index (χ3v) is 6.55. The average molecular weight is 388 g/mol. The lowest BCUT2D eigenvalue weighted by Gasteiger charge is -2.23. The molecule has 0 saturated carbocycles. The number of aryl methyl sites for hydroxylation is 1. The van der Waals surface area contributed by atoms with Gasteiger partial charge in [0.05, 0.1) is 28.8 Å². The van der Waals surface area contributed by atoms with E-state index in [9.17, 15) is 0 Å². The first-order valence-corrected chi connectivity index (χ1v) is 9.81. The zero-order valence-corrected chi connectivity index (χ0v) is 15.9. The highest BCUT2D eigenvalue weighted by atomic mass is 35.5. The van der Waals surface area contributed by atoms with Crippen LogP contribution in [0.3, 0.4) is 0 Å². The Morgan fingerprint density at radius 2 is 1.81 bits per heavy atom. The van der Waals surface area contributed by atoms with Crippen LogP contribution in [-0.4, -0.2) is 51.4 Å². The van der Waals surface area contributed by atoms with Gasteiger partial charge in [0.1, 0.15) is 0 Å². The standard InChI is InChI=1S/C17H18ClN7S/c1-23-21-16(20-22-23)15-6-19-17(26-15)25-9-11-7-24(8-12(11)10-25)14-5-3-2-4-13(14)18/h2-6,11-12H,7-10H2,1H3. The molecular formula is C17H18ClN7S. The molecular weight excluding hydrogens is 370 g/mol. The lowest BCUT2D eigenvalue weighted by molar-refractivity contribution is 0.533. The average Bonchev–Trinajstić information content (AvgIpc) is 3.37. The van der Waals surface area contributed by atoms with Gasteiger partial charge in [-0.2, -0.15) is 4.80 Å². The molecule has 2 saturated heterocycles. The van der Waals surface area contributed by atoms with Crippen LogP contribution in [0.5, 0.6) is 0 Å². The van der Waals surface area contributed by atoms with Crippen molar-refractivity contribution in [3.05, 3.63) is 35.5 Å². The first kappa shape index (κ1) is 16.0. The quantitative estimate of drug-likeness (QED) is 0.688. The summed E-state index contributed by atoms with van der Waals surface area (Å²) in [7, 11) is 1.77. The van der Waals surface area contributed by atoms with Gasteiger partial charge in [0.25, 0.3) is 0 Å². The topological polar surface area (TPSA) is 63.0 Å². The van der Waals surface area contributed by atoms with Gasteiger partial charge in [-0.3, -0.25) is 0 Å². The number of hydrogen-bond acceptors (Lipinski definition) is 7. The number of para-hydroxylation sites is 1. The van der Waals surface area contributed by atoms with Crippen molar-refractivity contribution in [1.29, 1.82) is 0 Å². The van der Waals surface area contributed by atoms with Crippen LogP contribution >= 0.6 is 22.9 Å². The van der Waals surface area contributed by atoms with Gasteiger partial charge in [0.15, 0.2) is 5.13 Å². The molecule has 2 unspecified atom stereocenters. The second-order valence-electron chi connectivity index (χ2n) is 6.89. The molecule has 4 heterocycles. The predicted octanol–water partition coefficient (Wildman–Crippen LogP) is 2.56. The van der Waals surface area contributed by atoms with Crippen LogP contribution in [0.25, 0.3) is 10.7 Å². The Kier molecular flexibility index (Phi) is 3.82. The van der Waals surface area contributed by atoms with Crippen molar-refractivity contribution in [1.82, 2.24) is 25.2 Å². The van der Waals surface area contributed by atoms with E-state index in [1.807, 2.05) is 18.3 Å². The number of hydrogen-bond donors (Lipinski definition) is 0. The number of benzene rings is 1. The molecule has 2 aliphatic rings. The first-order chi connectivity index (χ1) is 12.7. The van der Waals surface area contributed by atoms with Crippen LogP contribution in [0.2, 0.25) is 5.02 Å². The van der Waals surface area contributed by atoms with Crippen LogP contribution in [-0.2, 0) is 7.05 Å². The molecule has 0 amide bonds. The Labute approximate surface area is 160 Å². The Balaban J connectivity index is 1.29. The highest BCUT2D eigenvalue weighted by Crippen LogP contribution is 2.39. The van der Waals surface area contributed by atoms with Gasteiger partial charge in [-0.15, -0.1) is 10.2 Å². The lowest BCUT2D eigenvalue weighted by Crippen LogP contribution is -2.28. The summed E-state index contributed by atoms with van der Waals surface area (Å²) < 4.78 is 0. The molecule has 2 fully saturated rings. The monoisotopic (exact) mass is 387 g/mol. The lowest BCUT2D eigenvalue weighted by atomic mass is 10.0. The summed E-state index contributed by atoms with van der Waals surface area (Å²) in [6.07, 6.45) is 1.85. The molecule has 9 heteroatoms. The maximum atomic E-state index is 6.37. The molecule has 0 spiro atoms. The van der Waals surface area contributed by atoms with E-state index >= 15 is 0 Å². The number of nitrogens with zero attached hydrogens (tertiary/aromatic N) is 7. The number of fused-ring (bicyclic) bond motifs is 1. The molecule has 5 rings (SSSR count). The number of thiazole rings is 1. The fourth-order valence-corrected chi connectivity index (χ4v) is 5.07. The van der Waals surface area contributed by atoms with Crippen molar-refractivity contribution in [3.8, 4) is 10.7 Å². The van der Waals surface area contributed by atoms with Gasteiger partial charge >= 0.3 is 0 Å². The molecule has 2 aromatic heterocycles. The summed E-state index contributed by atoms with van der Waals surface area (Å²) in [5, 5.41) is 14.1. The third-order valence-electron chi connectivity index (χ3n) is 5.17. The summed E-state index contributed by atoms with van der Waals surface area (Å²) in [5.74, 6) is 1.93. The second-order valence-corrected chi connectivity index (χ2v) is 8.31. The van der Waals surface area contributed by atoms with Gasteiger partial charge in [0, 0.05) is 38.0 Å². The number of anilines is 2. The predicted molar refractivity (Wildman–Crippen MR) is 103 cm³/mol. The minimum absolute atomic E-state index is 0.639. The molecule has 7 nitrogen and oxygen atoms in total. The molecule has 134 valence electrons. The minimum Gasteiger partial charge on any atom is -0.370 e. The summed E-state index contributed by atoms with van der Waals surface area (Å²) in [4.78, 5) is 11.8. The Hall–Kier alpha value is -2.19. The number of halogens is 1. The van der Waals surface area contributed by atoms with Gasteiger partial charge in [0.2, 0.25) is 5.82 Å². The summed E-state index contributed by atoms with van der Waals surface area (Å²) in [5.41, 5.74) is 1.15. The number of aromatic nitrogens is 5. The van der Waals surface area contributed by atoms with Crippen LogP contribution in [0.1, 0.15) is 0 Å². The summed E-state index contributed by atoms with van der Waals surface area (Å²) in [6.45, 7) is 4.17. The fourth-order valence-electron chi connectivity index (χ4n) is 3.95. The Bertz CT molecular complexity index is 925. The van der Waals surface area contributed by atoms with E-state index in [0.717, 1.165) is 46.9 Å². The van der Waals surface area contributed by atoms with Crippen LogP contribution in [0, 0.1) is 11.8 Å². The van der Waals surface area contributed by atoms with Crippen LogP contribution < -0.4 is 9.80 Å². The van der Waals surface area contributed by atoms with Crippen molar-refractivity contribution in [2.24, 2.45) is 18.9 Å². The SMILES string of the molecule is Cn1nnc(-c2cnc(N3CC4CN(c5ccccc5Cl)CC4C3)s2)n1. The van der Waals surface area contributed by atoms with Crippen LogP contribution in [0.4, 0.5) is 10.8 Å². The zero-order valence-electron chi connectivity index (χ0n) is 14.3. The van der Waals surface area contributed by atoms with Crippen molar-refractivity contribution in [3.63, 3.8) is 0 Å². The van der Waals surface area contributed by atoms with E-state index in [4.69, 9.17) is 11.6 Å². The molecule has 1 aromatic carbocycles. The van der Waals surface area contributed by atoms with E-state index in [1.165, 1.54) is 4.80 Å². The van der Waals surface area contributed by atoms with Gasteiger partial charge in [-0.1, -0.05) is 35.1 Å². The van der Waals surface area contributed by atoms with Gasteiger partial charge < -0.3 is 9.80 Å². The largest absolute Gasteiger partial charge is 0.370 e. The smallest absolute Gasteiger partial charge is 0.216 e. The van der Waals surface area contributed by atoms with Crippen LogP contribution in [0.15, 0.2) is 30.5 Å². The van der Waals surface area contributed by atoms with E-state index in [-0.39, 0.29) is 0 Å². The Morgan fingerprint density at radius 3 is 2.50 bits per heavy atom. The van der Waals surface area contributed by atoms with Crippen molar-refractivity contribution < 1.29 is 0 Å². The second kappa shape index (κ2) is 6.21. The van der Waals surface area contributed by atoms with E-state index < -0.39 is 0 Å². The normalized spacial score (nSPS) is 22.2.